The molecule has 0 aromatic carbocycles. The van der Waals surface area contributed by atoms with E-state index in [0.29, 0.717) is 5.57 Å². The molecule has 17 heavy (non-hydrogen) atoms. The maximum Gasteiger partial charge on any atom is 0.199 e. The molecule has 0 atom stereocenters. The van der Waals surface area contributed by atoms with Crippen LogP contribution < -0.4 is 5.73 Å². The van der Waals surface area contributed by atoms with E-state index >= 15 is 0 Å². The minimum Gasteiger partial charge on any atom is -0.494 e. The van der Waals surface area contributed by atoms with Gasteiger partial charge in [-0.2, -0.15) is 15.8 Å². The van der Waals surface area contributed by atoms with E-state index in [-0.39, 0.29) is 17.1 Å². The highest BCUT2D eigenvalue weighted by atomic mass is 16.3. The van der Waals surface area contributed by atoms with E-state index in [2.05, 4.69) is 0 Å². The van der Waals surface area contributed by atoms with Crippen LogP contribution in [0.3, 0.4) is 0 Å². The Labute approximate surface area is 100.0 Å². The lowest BCUT2D eigenvalue weighted by Gasteiger charge is -2.05. The first kappa shape index (κ1) is 14.3. The molecule has 0 aliphatic heterocycles. The molecule has 3 N–H and O–H groups in total. The Balaban J connectivity index is 5.52. The fraction of sp³-hybridized carbons (Fsp3) is 0.250. The third-order valence-electron chi connectivity index (χ3n) is 1.96. The Morgan fingerprint density at radius 3 is 1.94 bits per heavy atom. The number of nitrogens with two attached hydrogens (primary N) is 1. The lowest BCUT2D eigenvalue weighted by Crippen LogP contribution is -1.99. The van der Waals surface area contributed by atoms with Crippen molar-refractivity contribution in [3.63, 3.8) is 0 Å². The summed E-state index contributed by atoms with van der Waals surface area (Å²) in [4.78, 5) is 0. The van der Waals surface area contributed by atoms with Gasteiger partial charge in [0.05, 0.1) is 0 Å². The average molecular weight is 228 g/mol. The summed E-state index contributed by atoms with van der Waals surface area (Å²) in [7, 11) is 0. The van der Waals surface area contributed by atoms with E-state index < -0.39 is 5.88 Å². The second kappa shape index (κ2) is 6.71. The molecule has 0 amide bonds. The van der Waals surface area contributed by atoms with E-state index in [1.54, 1.807) is 18.2 Å². The third-order valence-corrected chi connectivity index (χ3v) is 1.96. The lowest BCUT2D eigenvalue weighted by molar-refractivity contribution is 0.402. The molecule has 0 aliphatic carbocycles. The van der Waals surface area contributed by atoms with Crippen molar-refractivity contribution in [2.75, 3.05) is 0 Å². The summed E-state index contributed by atoms with van der Waals surface area (Å²) in [6.07, 6.45) is 2.72. The Morgan fingerprint density at radius 1 is 1.12 bits per heavy atom. The first-order chi connectivity index (χ1) is 7.97. The van der Waals surface area contributed by atoms with Crippen LogP contribution in [0.2, 0.25) is 0 Å². The van der Waals surface area contributed by atoms with Crippen LogP contribution >= 0.6 is 0 Å². The molecule has 0 saturated heterocycles. The molecule has 0 saturated carbocycles. The molecule has 0 radical (unpaired) electrons. The van der Waals surface area contributed by atoms with E-state index in [0.717, 1.165) is 0 Å². The molecule has 0 heterocycles. The summed E-state index contributed by atoms with van der Waals surface area (Å²) < 4.78 is 0. The molecule has 0 spiro atoms. The zero-order valence-electron chi connectivity index (χ0n) is 9.60. The first-order valence-electron chi connectivity index (χ1n) is 4.79. The van der Waals surface area contributed by atoms with E-state index in [1.165, 1.54) is 12.2 Å². The van der Waals surface area contributed by atoms with Crippen LogP contribution in [-0.2, 0) is 0 Å². The van der Waals surface area contributed by atoms with Crippen molar-refractivity contribution in [3.05, 3.63) is 34.8 Å². The molecular weight excluding hydrogens is 216 g/mol. The topological polar surface area (TPSA) is 118 Å². The van der Waals surface area contributed by atoms with E-state index in [4.69, 9.17) is 26.6 Å². The number of nitrogens with zero attached hydrogens (tertiary/aromatic N) is 3. The van der Waals surface area contributed by atoms with Gasteiger partial charge in [-0.3, -0.25) is 0 Å². The number of rotatable bonds is 3. The van der Waals surface area contributed by atoms with Gasteiger partial charge in [-0.1, -0.05) is 19.9 Å². The van der Waals surface area contributed by atoms with Gasteiger partial charge in [0.1, 0.15) is 29.4 Å². The van der Waals surface area contributed by atoms with Crippen LogP contribution in [0.15, 0.2) is 34.8 Å². The number of allylic oxidation sites excluding steroid dienone is 5. The zero-order chi connectivity index (χ0) is 13.4. The van der Waals surface area contributed by atoms with Crippen molar-refractivity contribution in [2.24, 2.45) is 11.7 Å². The maximum absolute atomic E-state index is 8.95. The smallest absolute Gasteiger partial charge is 0.199 e. The summed E-state index contributed by atoms with van der Waals surface area (Å²) in [6, 6.07) is 5.26. The third kappa shape index (κ3) is 4.11. The minimum absolute atomic E-state index is 0.0231. The molecule has 0 unspecified atom stereocenters. The van der Waals surface area contributed by atoms with Crippen LogP contribution in [0.25, 0.3) is 0 Å². The van der Waals surface area contributed by atoms with Gasteiger partial charge in [0.25, 0.3) is 0 Å². The van der Waals surface area contributed by atoms with Crippen LogP contribution in [-0.4, -0.2) is 5.11 Å². The summed E-state index contributed by atoms with van der Waals surface area (Å²) in [5, 5.41) is 35.1. The quantitative estimate of drug-likeness (QED) is 0.433. The minimum atomic E-state index is -0.595. The Bertz CT molecular complexity index is 484. The van der Waals surface area contributed by atoms with Crippen LogP contribution in [0.1, 0.15) is 13.8 Å². The lowest BCUT2D eigenvalue weighted by atomic mass is 9.97. The van der Waals surface area contributed by atoms with Gasteiger partial charge in [0.15, 0.2) is 5.88 Å². The average Bonchev–Trinajstić information content (AvgIpc) is 2.27. The molecule has 5 heteroatoms. The number of hydrogen-bond donors (Lipinski definition) is 2. The molecule has 0 bridgehead atoms. The van der Waals surface area contributed by atoms with Gasteiger partial charge >= 0.3 is 0 Å². The Hall–Kier alpha value is -2.71. The second-order valence-corrected chi connectivity index (χ2v) is 3.45. The molecular formula is C12H12N4O. The standard InChI is InChI=1S/C12H12N4O/c1-8(2)11(10(6-14)7-15)4-3-9(5-13)12(16)17/h3-4,8,17H,16H2,1-2H3/b4-3+,12-9-. The molecule has 0 aliphatic rings. The second-order valence-electron chi connectivity index (χ2n) is 3.45. The highest BCUT2D eigenvalue weighted by molar-refractivity contribution is 5.48. The molecule has 5 nitrogen and oxygen atoms in total. The van der Waals surface area contributed by atoms with Crippen molar-refractivity contribution in [1.82, 2.24) is 0 Å². The van der Waals surface area contributed by atoms with Crippen molar-refractivity contribution in [1.29, 1.82) is 15.8 Å². The monoisotopic (exact) mass is 228 g/mol. The highest BCUT2D eigenvalue weighted by Gasteiger charge is 2.08. The molecule has 86 valence electrons. The van der Waals surface area contributed by atoms with Gasteiger partial charge in [-0.05, 0) is 17.6 Å². The van der Waals surface area contributed by atoms with Crippen LogP contribution in [0.5, 0.6) is 0 Å². The number of aliphatic hydroxyl groups excluding tert-OH is 1. The number of aliphatic hydroxyl groups is 1. The van der Waals surface area contributed by atoms with Crippen molar-refractivity contribution in [2.45, 2.75) is 13.8 Å². The highest BCUT2D eigenvalue weighted by Crippen LogP contribution is 2.17. The van der Waals surface area contributed by atoms with E-state index in [1.807, 2.05) is 13.8 Å². The first-order valence-corrected chi connectivity index (χ1v) is 4.79. The van der Waals surface area contributed by atoms with Gasteiger partial charge in [0, 0.05) is 0 Å². The Morgan fingerprint density at radius 2 is 1.65 bits per heavy atom. The molecule has 0 aromatic rings. The van der Waals surface area contributed by atoms with E-state index in [9.17, 15) is 0 Å². The van der Waals surface area contributed by atoms with Crippen LogP contribution in [0, 0.1) is 39.9 Å². The maximum atomic E-state index is 8.95. The molecule has 0 fully saturated rings. The van der Waals surface area contributed by atoms with Gasteiger partial charge in [0.2, 0.25) is 0 Å². The predicted octanol–water partition coefficient (Wildman–Crippen LogP) is 1.79. The predicted molar refractivity (Wildman–Crippen MR) is 61.7 cm³/mol. The molecule has 0 rings (SSSR count). The van der Waals surface area contributed by atoms with Crippen molar-refractivity contribution < 1.29 is 5.11 Å². The van der Waals surface area contributed by atoms with Gasteiger partial charge in [-0.15, -0.1) is 0 Å². The summed E-state index contributed by atoms with van der Waals surface area (Å²) in [5.41, 5.74) is 5.42. The summed E-state index contributed by atoms with van der Waals surface area (Å²) >= 11 is 0. The zero-order valence-corrected chi connectivity index (χ0v) is 9.60. The van der Waals surface area contributed by atoms with Crippen molar-refractivity contribution >= 4 is 0 Å². The summed E-state index contributed by atoms with van der Waals surface area (Å²) in [5.74, 6) is -0.650. The van der Waals surface area contributed by atoms with Crippen molar-refractivity contribution in [3.8, 4) is 18.2 Å². The normalized spacial score (nSPS) is 11.3. The van der Waals surface area contributed by atoms with Crippen LogP contribution in [0.4, 0.5) is 0 Å². The fourth-order valence-corrected chi connectivity index (χ4v) is 1.07. The fourth-order valence-electron chi connectivity index (χ4n) is 1.07. The number of hydrogen-bond acceptors (Lipinski definition) is 5. The SMILES string of the molecule is CC(C)C(/C=C/C(C#N)=C(\N)O)=C(C#N)C#N. The Kier molecular flexibility index (Phi) is 5.64. The largest absolute Gasteiger partial charge is 0.494 e. The summed E-state index contributed by atoms with van der Waals surface area (Å²) in [6.45, 7) is 3.62. The van der Waals surface area contributed by atoms with Gasteiger partial charge in [-0.25, -0.2) is 0 Å². The number of nitriles is 3. The molecule has 0 aromatic heterocycles. The van der Waals surface area contributed by atoms with Gasteiger partial charge < -0.3 is 10.8 Å².